The molecule has 1 saturated heterocycles. The standard InChI is InChI=1S/C26H25N3O5S/c1-33-23-10-8-22(9-11-23)25(30)29-15-14-26(17-29,35(28,31)32)18-34-24-12-6-21(7-13-24)20-4-2-19(16-27)3-5-20/h2-13H,14-15,17-18H2,1H3,(H2,28,31,32). The second-order valence-electron chi connectivity index (χ2n) is 8.44. The summed E-state index contributed by atoms with van der Waals surface area (Å²) in [5, 5.41) is 14.6. The number of carbonyl (C=O) groups is 1. The molecule has 1 amide bonds. The highest BCUT2D eigenvalue weighted by Gasteiger charge is 2.49. The molecule has 0 aliphatic carbocycles. The molecular weight excluding hydrogens is 466 g/mol. The third-order valence-electron chi connectivity index (χ3n) is 6.25. The highest BCUT2D eigenvalue weighted by atomic mass is 32.2. The fraction of sp³-hybridized carbons (Fsp3) is 0.231. The van der Waals surface area contributed by atoms with Crippen molar-refractivity contribution >= 4 is 15.9 Å². The Morgan fingerprint density at radius 2 is 1.57 bits per heavy atom. The van der Waals surface area contributed by atoms with Crippen LogP contribution in [0.5, 0.6) is 11.5 Å². The Morgan fingerprint density at radius 3 is 2.11 bits per heavy atom. The number of amides is 1. The number of methoxy groups -OCH3 is 1. The number of rotatable bonds is 7. The van der Waals surface area contributed by atoms with Gasteiger partial charge in [-0.05, 0) is 66.1 Å². The smallest absolute Gasteiger partial charge is 0.253 e. The van der Waals surface area contributed by atoms with Crippen molar-refractivity contribution < 1.29 is 22.7 Å². The zero-order valence-electron chi connectivity index (χ0n) is 19.2. The van der Waals surface area contributed by atoms with Gasteiger partial charge in [0.05, 0.1) is 18.7 Å². The largest absolute Gasteiger partial charge is 0.497 e. The second-order valence-corrected chi connectivity index (χ2v) is 10.4. The third-order valence-corrected chi connectivity index (χ3v) is 7.91. The molecule has 1 unspecified atom stereocenters. The fourth-order valence-electron chi connectivity index (χ4n) is 4.06. The lowest BCUT2D eigenvalue weighted by molar-refractivity contribution is 0.0785. The normalized spacial score (nSPS) is 17.6. The second kappa shape index (κ2) is 9.78. The summed E-state index contributed by atoms with van der Waals surface area (Å²) in [6, 6.07) is 23.2. The Balaban J connectivity index is 1.46. The average Bonchev–Trinajstić information content (AvgIpc) is 3.34. The van der Waals surface area contributed by atoms with Crippen LogP contribution >= 0.6 is 0 Å². The molecule has 4 rings (SSSR count). The van der Waals surface area contributed by atoms with E-state index in [0.29, 0.717) is 22.6 Å². The number of carbonyl (C=O) groups excluding carboxylic acids is 1. The first-order valence-electron chi connectivity index (χ1n) is 10.9. The minimum absolute atomic E-state index is 0.0555. The highest BCUT2D eigenvalue weighted by molar-refractivity contribution is 7.90. The van der Waals surface area contributed by atoms with Gasteiger partial charge in [0.2, 0.25) is 10.0 Å². The number of likely N-dealkylation sites (tertiary alicyclic amines) is 1. The first-order chi connectivity index (χ1) is 16.7. The maximum Gasteiger partial charge on any atom is 0.253 e. The lowest BCUT2D eigenvalue weighted by Gasteiger charge is -2.27. The molecule has 1 aliphatic heterocycles. The van der Waals surface area contributed by atoms with Crippen molar-refractivity contribution in [3.63, 3.8) is 0 Å². The van der Waals surface area contributed by atoms with Crippen LogP contribution in [0.2, 0.25) is 0 Å². The van der Waals surface area contributed by atoms with E-state index in [1.165, 1.54) is 4.90 Å². The van der Waals surface area contributed by atoms with Gasteiger partial charge in [-0.1, -0.05) is 24.3 Å². The number of nitrogens with two attached hydrogens (primary N) is 1. The van der Waals surface area contributed by atoms with Crippen LogP contribution in [-0.4, -0.2) is 50.8 Å². The van der Waals surface area contributed by atoms with E-state index in [4.69, 9.17) is 19.9 Å². The van der Waals surface area contributed by atoms with Crippen molar-refractivity contribution in [3.05, 3.63) is 83.9 Å². The van der Waals surface area contributed by atoms with Crippen molar-refractivity contribution in [3.8, 4) is 28.7 Å². The van der Waals surface area contributed by atoms with Gasteiger partial charge in [0.25, 0.3) is 5.91 Å². The number of nitriles is 1. The predicted octanol–water partition coefficient (Wildman–Crippen LogP) is 3.19. The van der Waals surface area contributed by atoms with E-state index in [2.05, 4.69) is 6.07 Å². The zero-order valence-corrected chi connectivity index (χ0v) is 20.0. The molecule has 0 bridgehead atoms. The minimum atomic E-state index is -4.02. The van der Waals surface area contributed by atoms with Crippen LogP contribution < -0.4 is 14.6 Å². The van der Waals surface area contributed by atoms with E-state index < -0.39 is 14.8 Å². The Labute approximate surface area is 204 Å². The van der Waals surface area contributed by atoms with Crippen LogP contribution in [0.4, 0.5) is 0 Å². The van der Waals surface area contributed by atoms with E-state index in [0.717, 1.165) is 11.1 Å². The summed E-state index contributed by atoms with van der Waals surface area (Å²) in [6.07, 6.45) is 0.178. The van der Waals surface area contributed by atoms with Crippen molar-refractivity contribution in [2.45, 2.75) is 11.2 Å². The molecule has 1 heterocycles. The first-order valence-corrected chi connectivity index (χ1v) is 12.5. The van der Waals surface area contributed by atoms with E-state index in [1.807, 2.05) is 24.3 Å². The lowest BCUT2D eigenvalue weighted by Crippen LogP contribution is -2.50. The molecule has 1 aliphatic rings. The Morgan fingerprint density at radius 1 is 1.00 bits per heavy atom. The summed E-state index contributed by atoms with van der Waals surface area (Å²) in [6.45, 7) is 0.0245. The van der Waals surface area contributed by atoms with Gasteiger partial charge in [-0.2, -0.15) is 5.26 Å². The van der Waals surface area contributed by atoms with Crippen molar-refractivity contribution in [1.29, 1.82) is 5.26 Å². The molecule has 3 aromatic rings. The van der Waals surface area contributed by atoms with Gasteiger partial charge in [-0.15, -0.1) is 0 Å². The maximum absolute atomic E-state index is 12.9. The van der Waals surface area contributed by atoms with Crippen LogP contribution in [-0.2, 0) is 10.0 Å². The topological polar surface area (TPSA) is 123 Å². The number of ether oxygens (including phenoxy) is 2. The highest BCUT2D eigenvalue weighted by Crippen LogP contribution is 2.31. The molecule has 35 heavy (non-hydrogen) atoms. The molecular formula is C26H25N3O5S. The Hall–Kier alpha value is -3.87. The molecule has 1 fully saturated rings. The minimum Gasteiger partial charge on any atom is -0.497 e. The monoisotopic (exact) mass is 491 g/mol. The van der Waals surface area contributed by atoms with Crippen LogP contribution in [0, 0.1) is 11.3 Å². The Bertz CT molecular complexity index is 1350. The first kappa shape index (κ1) is 24.3. The number of hydrogen-bond acceptors (Lipinski definition) is 6. The number of benzene rings is 3. The molecule has 2 N–H and O–H groups in total. The molecule has 9 heteroatoms. The van der Waals surface area contributed by atoms with Gasteiger partial charge < -0.3 is 14.4 Å². The van der Waals surface area contributed by atoms with E-state index >= 15 is 0 Å². The maximum atomic E-state index is 12.9. The van der Waals surface area contributed by atoms with Gasteiger partial charge in [-0.25, -0.2) is 13.6 Å². The number of nitrogens with zero attached hydrogens (tertiary/aromatic N) is 2. The fourth-order valence-corrected chi connectivity index (χ4v) is 5.00. The Kier molecular flexibility index (Phi) is 6.78. The van der Waals surface area contributed by atoms with Gasteiger partial charge in [0, 0.05) is 18.7 Å². The van der Waals surface area contributed by atoms with Gasteiger partial charge >= 0.3 is 0 Å². The van der Waals surface area contributed by atoms with E-state index in [1.54, 1.807) is 55.6 Å². The molecule has 8 nitrogen and oxygen atoms in total. The number of sulfonamides is 1. The van der Waals surface area contributed by atoms with Gasteiger partial charge in [0.1, 0.15) is 22.9 Å². The van der Waals surface area contributed by atoms with Gasteiger partial charge in [0.15, 0.2) is 0 Å². The van der Waals surface area contributed by atoms with Crippen LogP contribution in [0.3, 0.4) is 0 Å². The van der Waals surface area contributed by atoms with Crippen LogP contribution in [0.1, 0.15) is 22.3 Å². The van der Waals surface area contributed by atoms with Crippen molar-refractivity contribution in [2.24, 2.45) is 5.14 Å². The molecule has 0 saturated carbocycles. The number of primary sulfonamides is 1. The third kappa shape index (κ3) is 5.14. The molecule has 1 atom stereocenters. The van der Waals surface area contributed by atoms with E-state index in [9.17, 15) is 13.2 Å². The summed E-state index contributed by atoms with van der Waals surface area (Å²) in [7, 11) is -2.48. The van der Waals surface area contributed by atoms with Crippen molar-refractivity contribution in [2.75, 3.05) is 26.8 Å². The SMILES string of the molecule is COc1ccc(C(=O)N2CCC(COc3ccc(-c4ccc(C#N)cc4)cc3)(S(N)(=O)=O)C2)cc1. The summed E-state index contributed by atoms with van der Waals surface area (Å²) < 4.78 is 34.7. The lowest BCUT2D eigenvalue weighted by atomic mass is 10.0. The van der Waals surface area contributed by atoms with Crippen LogP contribution in [0.15, 0.2) is 72.8 Å². The van der Waals surface area contributed by atoms with Gasteiger partial charge in [-0.3, -0.25) is 4.79 Å². The van der Waals surface area contributed by atoms with Crippen molar-refractivity contribution in [1.82, 2.24) is 4.90 Å². The molecule has 0 radical (unpaired) electrons. The molecule has 0 aromatic heterocycles. The zero-order chi connectivity index (χ0) is 25.1. The summed E-state index contributed by atoms with van der Waals surface area (Å²) in [4.78, 5) is 14.4. The summed E-state index contributed by atoms with van der Waals surface area (Å²) in [5.41, 5.74) is 2.90. The van der Waals surface area contributed by atoms with E-state index in [-0.39, 0.29) is 32.0 Å². The molecule has 180 valence electrons. The summed E-state index contributed by atoms with van der Waals surface area (Å²) in [5.74, 6) is 0.843. The van der Waals surface area contributed by atoms with Crippen LogP contribution in [0.25, 0.3) is 11.1 Å². The average molecular weight is 492 g/mol. The molecule has 0 spiro atoms. The molecule has 3 aromatic carbocycles. The predicted molar refractivity (Wildman–Crippen MR) is 131 cm³/mol. The number of hydrogen-bond donors (Lipinski definition) is 1. The summed E-state index contributed by atoms with van der Waals surface area (Å²) >= 11 is 0. The quantitative estimate of drug-likeness (QED) is 0.542.